The Morgan fingerprint density at radius 2 is 1.58 bits per heavy atom. The van der Waals surface area contributed by atoms with Crippen LogP contribution in [-0.2, 0) is 0 Å². The highest BCUT2D eigenvalue weighted by Gasteiger charge is 2.01. The molecule has 3 heteroatoms. The summed E-state index contributed by atoms with van der Waals surface area (Å²) in [5, 5.41) is 0. The minimum absolute atomic E-state index is 0.0339. The highest BCUT2D eigenvalue weighted by Crippen LogP contribution is 2.15. The normalized spacial score (nSPS) is 11.0. The van der Waals surface area contributed by atoms with Crippen LogP contribution in [0.5, 0.6) is 5.75 Å². The van der Waals surface area contributed by atoms with E-state index in [1.54, 1.807) is 30.3 Å². The summed E-state index contributed by atoms with van der Waals surface area (Å²) in [7, 11) is 0. The fourth-order valence-corrected chi connectivity index (χ4v) is 2.66. The number of nitrogens with two attached hydrogens (primary N) is 1. The van der Waals surface area contributed by atoms with Crippen molar-refractivity contribution in [1.82, 2.24) is 0 Å². The minimum atomic E-state index is -0.0339. The summed E-state index contributed by atoms with van der Waals surface area (Å²) < 4.78 is 5.77. The molecular weight excluding hydrogens is 322 g/mol. The number of nitrogen functional groups attached to an aromatic ring is 1. The molecule has 0 bridgehead atoms. The molecule has 0 saturated heterocycles. The van der Waals surface area contributed by atoms with E-state index in [9.17, 15) is 4.79 Å². The van der Waals surface area contributed by atoms with Crippen molar-refractivity contribution >= 4 is 17.5 Å². The number of ketones is 1. The largest absolute Gasteiger partial charge is 0.494 e. The zero-order valence-electron chi connectivity index (χ0n) is 15.6. The maximum atomic E-state index is 12.1. The van der Waals surface area contributed by atoms with Gasteiger partial charge >= 0.3 is 0 Å². The molecule has 0 radical (unpaired) electrons. The highest BCUT2D eigenvalue weighted by molar-refractivity contribution is 6.06. The molecule has 0 unspecified atom stereocenters. The molecule has 0 atom stereocenters. The van der Waals surface area contributed by atoms with Gasteiger partial charge in [-0.2, -0.15) is 0 Å². The fourth-order valence-electron chi connectivity index (χ4n) is 2.66. The van der Waals surface area contributed by atoms with Gasteiger partial charge < -0.3 is 10.5 Å². The summed E-state index contributed by atoms with van der Waals surface area (Å²) in [5.41, 5.74) is 7.90. The van der Waals surface area contributed by atoms with Crippen LogP contribution in [0.3, 0.4) is 0 Å². The quantitative estimate of drug-likeness (QED) is 0.237. The van der Waals surface area contributed by atoms with E-state index < -0.39 is 0 Å². The summed E-state index contributed by atoms with van der Waals surface area (Å²) in [4.78, 5) is 12.1. The molecule has 0 fully saturated rings. The first-order valence-electron chi connectivity index (χ1n) is 9.50. The number of carbonyl (C=O) groups excluding carboxylic acids is 1. The second-order valence-electron chi connectivity index (χ2n) is 6.50. The summed E-state index contributed by atoms with van der Waals surface area (Å²) in [6.45, 7) is 2.99. The van der Waals surface area contributed by atoms with Crippen LogP contribution in [0.15, 0.2) is 54.6 Å². The van der Waals surface area contributed by atoms with Crippen molar-refractivity contribution in [2.24, 2.45) is 0 Å². The van der Waals surface area contributed by atoms with Crippen LogP contribution in [-0.4, -0.2) is 12.4 Å². The van der Waals surface area contributed by atoms with Gasteiger partial charge in [-0.15, -0.1) is 0 Å². The van der Waals surface area contributed by atoms with Crippen molar-refractivity contribution < 1.29 is 9.53 Å². The van der Waals surface area contributed by atoms with E-state index in [1.807, 2.05) is 30.3 Å². The number of allylic oxidation sites excluding steroid dienone is 1. The van der Waals surface area contributed by atoms with Crippen LogP contribution in [0.2, 0.25) is 0 Å². The third-order valence-electron chi connectivity index (χ3n) is 4.27. The molecule has 0 saturated carbocycles. The average Bonchev–Trinajstić information content (AvgIpc) is 2.67. The molecule has 0 aliphatic heterocycles. The summed E-state index contributed by atoms with van der Waals surface area (Å²) in [6.07, 6.45) is 11.0. The van der Waals surface area contributed by atoms with Gasteiger partial charge in [0.2, 0.25) is 0 Å². The number of benzene rings is 2. The van der Waals surface area contributed by atoms with Gasteiger partial charge in [0, 0.05) is 11.3 Å². The molecule has 2 aromatic rings. The fraction of sp³-hybridized carbons (Fsp3) is 0.348. The van der Waals surface area contributed by atoms with Gasteiger partial charge in [-0.05, 0) is 54.5 Å². The van der Waals surface area contributed by atoms with Crippen molar-refractivity contribution in [2.75, 3.05) is 12.3 Å². The Morgan fingerprint density at radius 3 is 2.27 bits per heavy atom. The number of ether oxygens (including phenoxy) is 1. The van der Waals surface area contributed by atoms with Crippen molar-refractivity contribution in [3.63, 3.8) is 0 Å². The second-order valence-corrected chi connectivity index (χ2v) is 6.50. The number of carbonyl (C=O) groups is 1. The van der Waals surface area contributed by atoms with Crippen LogP contribution in [0, 0.1) is 0 Å². The second kappa shape index (κ2) is 11.1. The molecular formula is C23H29NO2. The van der Waals surface area contributed by atoms with Crippen molar-refractivity contribution in [3.05, 3.63) is 65.7 Å². The molecule has 2 N–H and O–H groups in total. The maximum absolute atomic E-state index is 12.1. The van der Waals surface area contributed by atoms with Crippen LogP contribution in [0.4, 0.5) is 5.69 Å². The third kappa shape index (κ3) is 7.14. The molecule has 0 heterocycles. The number of hydrogen-bond acceptors (Lipinski definition) is 3. The van der Waals surface area contributed by atoms with Gasteiger partial charge in [0.1, 0.15) is 5.75 Å². The molecule has 138 valence electrons. The molecule has 2 rings (SSSR count). The van der Waals surface area contributed by atoms with E-state index in [0.717, 1.165) is 24.3 Å². The number of hydrogen-bond donors (Lipinski definition) is 1. The monoisotopic (exact) mass is 351 g/mol. The first-order chi connectivity index (χ1) is 12.7. The van der Waals surface area contributed by atoms with E-state index in [0.29, 0.717) is 11.3 Å². The number of rotatable bonds is 11. The number of unbranched alkanes of at least 4 members (excludes halogenated alkanes) is 5. The molecule has 0 aromatic heterocycles. The molecule has 26 heavy (non-hydrogen) atoms. The molecule has 3 nitrogen and oxygen atoms in total. The van der Waals surface area contributed by atoms with Crippen molar-refractivity contribution in [1.29, 1.82) is 0 Å². The minimum Gasteiger partial charge on any atom is -0.494 e. The summed E-state index contributed by atoms with van der Waals surface area (Å²) >= 11 is 0. The van der Waals surface area contributed by atoms with Gasteiger partial charge in [0.05, 0.1) is 6.61 Å². The van der Waals surface area contributed by atoms with E-state index in [2.05, 4.69) is 6.92 Å². The molecule has 2 aromatic carbocycles. The van der Waals surface area contributed by atoms with Crippen molar-refractivity contribution in [2.45, 2.75) is 45.4 Å². The van der Waals surface area contributed by atoms with Gasteiger partial charge in [-0.3, -0.25) is 4.79 Å². The Morgan fingerprint density at radius 1 is 0.923 bits per heavy atom. The Kier molecular flexibility index (Phi) is 8.47. The lowest BCUT2D eigenvalue weighted by Gasteiger charge is -2.06. The smallest absolute Gasteiger partial charge is 0.185 e. The zero-order valence-corrected chi connectivity index (χ0v) is 15.6. The first-order valence-corrected chi connectivity index (χ1v) is 9.50. The van der Waals surface area contributed by atoms with Crippen LogP contribution in [0.1, 0.15) is 61.4 Å². The Labute approximate surface area is 156 Å². The predicted molar refractivity (Wildman–Crippen MR) is 110 cm³/mol. The van der Waals surface area contributed by atoms with Crippen molar-refractivity contribution in [3.8, 4) is 5.75 Å². The zero-order chi connectivity index (χ0) is 18.6. The number of anilines is 1. The standard InChI is InChI=1S/C23H29NO2/c1-2-3-4-5-6-7-18-26-22-15-8-19(9-16-22)10-17-23(25)20-11-13-21(24)14-12-20/h8-17H,2-7,18,24H2,1H3. The lowest BCUT2D eigenvalue weighted by molar-refractivity contribution is 0.104. The van der Waals surface area contributed by atoms with Crippen LogP contribution < -0.4 is 10.5 Å². The van der Waals surface area contributed by atoms with E-state index in [4.69, 9.17) is 10.5 Å². The SMILES string of the molecule is CCCCCCCCOc1ccc(C=CC(=O)c2ccc(N)cc2)cc1. The van der Waals surface area contributed by atoms with Crippen LogP contribution >= 0.6 is 0 Å². The Bertz CT molecular complexity index is 687. The van der Waals surface area contributed by atoms with Gasteiger partial charge in [-0.25, -0.2) is 0 Å². The van der Waals surface area contributed by atoms with Crippen LogP contribution in [0.25, 0.3) is 6.08 Å². The predicted octanol–water partition coefficient (Wildman–Crippen LogP) is 5.90. The molecule has 0 amide bonds. The first kappa shape index (κ1) is 19.8. The van der Waals surface area contributed by atoms with E-state index in [1.165, 1.54) is 32.1 Å². The molecule has 0 aliphatic carbocycles. The maximum Gasteiger partial charge on any atom is 0.185 e. The molecule has 0 aliphatic rings. The summed E-state index contributed by atoms with van der Waals surface area (Å²) in [5.74, 6) is 0.842. The third-order valence-corrected chi connectivity index (χ3v) is 4.27. The highest BCUT2D eigenvalue weighted by atomic mass is 16.5. The summed E-state index contributed by atoms with van der Waals surface area (Å²) in [6, 6.07) is 14.8. The van der Waals surface area contributed by atoms with E-state index in [-0.39, 0.29) is 5.78 Å². The molecule has 0 spiro atoms. The Balaban J connectivity index is 1.74. The Hall–Kier alpha value is -2.55. The lowest BCUT2D eigenvalue weighted by Crippen LogP contribution is -1.97. The van der Waals surface area contributed by atoms with E-state index >= 15 is 0 Å². The van der Waals surface area contributed by atoms with Gasteiger partial charge in [0.25, 0.3) is 0 Å². The average molecular weight is 351 g/mol. The van der Waals surface area contributed by atoms with Gasteiger partial charge in [0.15, 0.2) is 5.78 Å². The topological polar surface area (TPSA) is 52.3 Å². The lowest BCUT2D eigenvalue weighted by atomic mass is 10.1. The van der Waals surface area contributed by atoms with Gasteiger partial charge in [-0.1, -0.05) is 57.2 Å².